The number of aromatic hydroxyl groups is 1. The molecule has 7 nitrogen and oxygen atoms in total. The molecule has 3 rings (SSSR count). The van der Waals surface area contributed by atoms with Gasteiger partial charge in [-0.15, -0.1) is 0 Å². The van der Waals surface area contributed by atoms with Gasteiger partial charge in [0.1, 0.15) is 0 Å². The van der Waals surface area contributed by atoms with Gasteiger partial charge in [0.15, 0.2) is 5.82 Å². The quantitative estimate of drug-likeness (QED) is 0.712. The van der Waals surface area contributed by atoms with E-state index in [4.69, 9.17) is 5.26 Å². The minimum absolute atomic E-state index is 0.0582. The summed E-state index contributed by atoms with van der Waals surface area (Å²) in [5.74, 6) is 0.152. The van der Waals surface area contributed by atoms with Gasteiger partial charge in [0.05, 0.1) is 29.0 Å². The number of hydrogen-bond acceptors (Lipinski definition) is 5. The number of nitriles is 1. The van der Waals surface area contributed by atoms with E-state index in [1.807, 2.05) is 20.8 Å². The first-order valence-electron chi connectivity index (χ1n) is 9.00. The van der Waals surface area contributed by atoms with Crippen molar-refractivity contribution in [2.75, 3.05) is 0 Å². The fraction of sp³-hybridized carbons (Fsp3) is 0.238. The van der Waals surface area contributed by atoms with Crippen molar-refractivity contribution in [2.24, 2.45) is 0 Å². The third-order valence-corrected chi connectivity index (χ3v) is 4.61. The van der Waals surface area contributed by atoms with Gasteiger partial charge in [0.25, 0.3) is 5.91 Å². The second-order valence-corrected chi connectivity index (χ2v) is 6.62. The number of carbonyl (C=O) groups is 1. The van der Waals surface area contributed by atoms with Crippen LogP contribution in [0.25, 0.3) is 16.9 Å². The number of benzene rings is 1. The summed E-state index contributed by atoms with van der Waals surface area (Å²) in [6.45, 7) is 5.81. The average molecular weight is 375 g/mol. The Bertz CT molecular complexity index is 1050. The molecule has 1 unspecified atom stereocenters. The van der Waals surface area contributed by atoms with Crippen molar-refractivity contribution < 1.29 is 9.90 Å². The number of hydrogen-bond donors (Lipinski definition) is 2. The highest BCUT2D eigenvalue weighted by atomic mass is 16.3. The van der Waals surface area contributed by atoms with E-state index in [0.29, 0.717) is 22.5 Å². The van der Waals surface area contributed by atoms with E-state index in [0.717, 1.165) is 17.5 Å². The number of aryl methyl sites for hydroxylation is 1. The van der Waals surface area contributed by atoms with Crippen molar-refractivity contribution in [3.63, 3.8) is 0 Å². The Hall–Kier alpha value is -3.66. The predicted molar refractivity (Wildman–Crippen MR) is 105 cm³/mol. The smallest absolute Gasteiger partial charge is 0.253 e. The van der Waals surface area contributed by atoms with E-state index in [1.54, 1.807) is 36.5 Å². The van der Waals surface area contributed by atoms with Gasteiger partial charge in [0.2, 0.25) is 5.88 Å². The summed E-state index contributed by atoms with van der Waals surface area (Å²) < 4.78 is 1.31. The van der Waals surface area contributed by atoms with Crippen LogP contribution in [0.15, 0.2) is 42.7 Å². The molecule has 0 bridgehead atoms. The molecule has 1 atom stereocenters. The Kier molecular flexibility index (Phi) is 5.41. The summed E-state index contributed by atoms with van der Waals surface area (Å²) in [7, 11) is 0. The zero-order valence-corrected chi connectivity index (χ0v) is 16.0. The normalized spacial score (nSPS) is 11.6. The highest BCUT2D eigenvalue weighted by molar-refractivity contribution is 5.94. The van der Waals surface area contributed by atoms with Gasteiger partial charge in [0, 0.05) is 12.2 Å². The largest absolute Gasteiger partial charge is 0.493 e. The number of pyridine rings is 1. The molecule has 2 N–H and O–H groups in total. The molecule has 0 saturated heterocycles. The fourth-order valence-electron chi connectivity index (χ4n) is 2.79. The molecule has 7 heteroatoms. The molecule has 0 aliphatic heterocycles. The van der Waals surface area contributed by atoms with Crippen LogP contribution in [0, 0.1) is 18.3 Å². The lowest BCUT2D eigenvalue weighted by Crippen LogP contribution is -2.31. The third kappa shape index (κ3) is 3.71. The van der Waals surface area contributed by atoms with E-state index in [-0.39, 0.29) is 17.8 Å². The third-order valence-electron chi connectivity index (χ3n) is 4.61. The van der Waals surface area contributed by atoms with Crippen molar-refractivity contribution >= 4 is 5.91 Å². The van der Waals surface area contributed by atoms with Gasteiger partial charge in [-0.1, -0.05) is 13.0 Å². The molecule has 2 heterocycles. The molecule has 0 saturated carbocycles. The second kappa shape index (κ2) is 7.92. The lowest BCUT2D eigenvalue weighted by atomic mass is 10.0. The second-order valence-electron chi connectivity index (χ2n) is 6.62. The Morgan fingerprint density at radius 1 is 1.29 bits per heavy atom. The van der Waals surface area contributed by atoms with Crippen molar-refractivity contribution in [1.82, 2.24) is 20.1 Å². The molecule has 0 radical (unpaired) electrons. The van der Waals surface area contributed by atoms with Crippen molar-refractivity contribution in [3.05, 3.63) is 59.4 Å². The van der Waals surface area contributed by atoms with Crippen molar-refractivity contribution in [1.29, 1.82) is 5.26 Å². The zero-order valence-electron chi connectivity index (χ0n) is 16.0. The van der Waals surface area contributed by atoms with E-state index in [1.165, 1.54) is 10.9 Å². The lowest BCUT2D eigenvalue weighted by molar-refractivity contribution is 0.0939. The maximum atomic E-state index is 12.2. The van der Waals surface area contributed by atoms with Crippen molar-refractivity contribution in [2.45, 2.75) is 33.2 Å². The summed E-state index contributed by atoms with van der Waals surface area (Å²) >= 11 is 0. The molecule has 0 aliphatic carbocycles. The molecule has 1 amide bonds. The number of nitrogens with zero attached hydrogens (tertiary/aromatic N) is 4. The molecular weight excluding hydrogens is 354 g/mol. The Morgan fingerprint density at radius 3 is 2.68 bits per heavy atom. The standard InChI is InChI=1S/C21H21N5O2/c1-4-14(3)25-20(27)16-6-8-19(23-11-16)26-21(28)18(12-24-26)17-7-5-15(10-22)9-13(17)2/h5-9,11-12,14,28H,4H2,1-3H3,(H,25,27). The maximum absolute atomic E-state index is 12.2. The van der Waals surface area contributed by atoms with E-state index >= 15 is 0 Å². The van der Waals surface area contributed by atoms with Gasteiger partial charge in [-0.2, -0.15) is 15.0 Å². The van der Waals surface area contributed by atoms with E-state index < -0.39 is 0 Å². The van der Waals surface area contributed by atoms with Crippen LogP contribution in [-0.4, -0.2) is 31.8 Å². The molecular formula is C21H21N5O2. The molecule has 2 aromatic heterocycles. The van der Waals surface area contributed by atoms with Gasteiger partial charge in [-0.25, -0.2) is 4.98 Å². The average Bonchev–Trinajstić information content (AvgIpc) is 3.08. The Morgan fingerprint density at radius 2 is 2.07 bits per heavy atom. The minimum Gasteiger partial charge on any atom is -0.493 e. The number of nitrogens with one attached hydrogen (secondary N) is 1. The Labute approximate surface area is 163 Å². The first-order valence-corrected chi connectivity index (χ1v) is 9.00. The van der Waals surface area contributed by atoms with Crippen LogP contribution < -0.4 is 5.32 Å². The SMILES string of the molecule is CCC(C)NC(=O)c1ccc(-n2ncc(-c3ccc(C#N)cc3C)c2O)nc1. The number of aromatic nitrogens is 3. The number of rotatable bonds is 5. The van der Waals surface area contributed by atoms with Crippen LogP contribution in [0.2, 0.25) is 0 Å². The molecule has 0 spiro atoms. The first kappa shape index (κ1) is 19.1. The van der Waals surface area contributed by atoms with Crippen LogP contribution in [0.1, 0.15) is 41.8 Å². The van der Waals surface area contributed by atoms with Crippen LogP contribution >= 0.6 is 0 Å². The molecule has 3 aromatic rings. The number of amides is 1. The predicted octanol–water partition coefficient (Wildman–Crippen LogP) is 3.35. The maximum Gasteiger partial charge on any atom is 0.253 e. The summed E-state index contributed by atoms with van der Waals surface area (Å²) in [5.41, 5.74) is 3.19. The summed E-state index contributed by atoms with van der Waals surface area (Å²) in [5, 5.41) is 26.7. The summed E-state index contributed by atoms with van der Waals surface area (Å²) in [6, 6.07) is 10.7. The summed E-state index contributed by atoms with van der Waals surface area (Å²) in [4.78, 5) is 16.4. The van der Waals surface area contributed by atoms with Gasteiger partial charge < -0.3 is 10.4 Å². The van der Waals surface area contributed by atoms with Crippen LogP contribution in [0.5, 0.6) is 5.88 Å². The first-order chi connectivity index (χ1) is 13.4. The molecule has 28 heavy (non-hydrogen) atoms. The van der Waals surface area contributed by atoms with Crippen LogP contribution in [-0.2, 0) is 0 Å². The molecule has 0 fully saturated rings. The van der Waals surface area contributed by atoms with Crippen LogP contribution in [0.3, 0.4) is 0 Å². The Balaban J connectivity index is 1.88. The molecule has 1 aromatic carbocycles. The van der Waals surface area contributed by atoms with Gasteiger partial charge >= 0.3 is 0 Å². The molecule has 0 aliphatic rings. The van der Waals surface area contributed by atoms with E-state index in [9.17, 15) is 9.90 Å². The molecule has 142 valence electrons. The van der Waals surface area contributed by atoms with Crippen LogP contribution in [0.4, 0.5) is 0 Å². The van der Waals surface area contributed by atoms with Gasteiger partial charge in [-0.3, -0.25) is 4.79 Å². The summed E-state index contributed by atoms with van der Waals surface area (Å²) in [6.07, 6.45) is 3.85. The fourth-order valence-corrected chi connectivity index (χ4v) is 2.79. The highest BCUT2D eigenvalue weighted by Gasteiger charge is 2.16. The minimum atomic E-state index is -0.188. The monoisotopic (exact) mass is 375 g/mol. The van der Waals surface area contributed by atoms with E-state index in [2.05, 4.69) is 21.5 Å². The topological polar surface area (TPSA) is 104 Å². The zero-order chi connectivity index (χ0) is 20.3. The van der Waals surface area contributed by atoms with Gasteiger partial charge in [-0.05, 0) is 55.7 Å². The number of carbonyl (C=O) groups excluding carboxylic acids is 1. The lowest BCUT2D eigenvalue weighted by Gasteiger charge is -2.11. The van der Waals surface area contributed by atoms with Crippen molar-refractivity contribution in [3.8, 4) is 28.9 Å². The highest BCUT2D eigenvalue weighted by Crippen LogP contribution is 2.32.